The minimum absolute atomic E-state index is 0.00548. The van der Waals surface area contributed by atoms with E-state index in [1.54, 1.807) is 11.0 Å². The summed E-state index contributed by atoms with van der Waals surface area (Å²) < 4.78 is 20.3. The number of fused-ring (bicyclic) bond motifs is 2. The van der Waals surface area contributed by atoms with Crippen molar-refractivity contribution in [1.82, 2.24) is 15.5 Å². The van der Waals surface area contributed by atoms with E-state index in [4.69, 9.17) is 4.74 Å². The summed E-state index contributed by atoms with van der Waals surface area (Å²) in [6.07, 6.45) is 7.64. The van der Waals surface area contributed by atoms with E-state index >= 15 is 0 Å². The van der Waals surface area contributed by atoms with Crippen molar-refractivity contribution < 1.29 is 23.8 Å². The van der Waals surface area contributed by atoms with Crippen LogP contribution in [0.5, 0.6) is 5.75 Å². The van der Waals surface area contributed by atoms with Gasteiger partial charge in [0.05, 0.1) is 12.1 Å². The first kappa shape index (κ1) is 30.7. The van der Waals surface area contributed by atoms with Gasteiger partial charge in [-0.1, -0.05) is 44.2 Å². The number of rotatable bonds is 8. The lowest BCUT2D eigenvalue weighted by Crippen LogP contribution is -2.50. The zero-order chi connectivity index (χ0) is 29.2. The Morgan fingerprint density at radius 1 is 1.15 bits per heavy atom. The Labute approximate surface area is 243 Å². The van der Waals surface area contributed by atoms with E-state index in [1.807, 2.05) is 19.1 Å². The molecular formula is C33H44FN3O4. The third kappa shape index (κ3) is 8.88. The number of carbonyl (C=O) groups excluding carboxylic acids is 2. The molecule has 4 rings (SSSR count). The van der Waals surface area contributed by atoms with Crippen LogP contribution in [0.25, 0.3) is 0 Å². The van der Waals surface area contributed by atoms with E-state index in [0.717, 1.165) is 25.7 Å². The molecule has 0 aromatic heterocycles. The quantitative estimate of drug-likeness (QED) is 0.413. The van der Waals surface area contributed by atoms with Crippen LogP contribution in [0.1, 0.15) is 69.1 Å². The van der Waals surface area contributed by atoms with Gasteiger partial charge in [0.1, 0.15) is 18.2 Å². The summed E-state index contributed by atoms with van der Waals surface area (Å²) in [6.45, 7) is 5.76. The molecule has 1 fully saturated rings. The molecule has 2 bridgehead atoms. The van der Waals surface area contributed by atoms with Crippen LogP contribution in [0.15, 0.2) is 54.6 Å². The first-order valence-electron chi connectivity index (χ1n) is 15.0. The number of amides is 2. The van der Waals surface area contributed by atoms with Gasteiger partial charge in [0.15, 0.2) is 0 Å². The number of benzene rings is 2. The lowest BCUT2D eigenvalue weighted by atomic mass is 9.98. The standard InChI is InChI=1S/C33H44FN3O4/c1-3-15-37-16-5-6-17-41-28-20-25(19-27(34)22-28)21-29(36-31(39)11-8-12-32(37)40)30(38)23-35-33(13-14-33)26-10-7-9-24(4-2)18-26/h5-7,9-10,18-20,22,29-30,35,38H,3-4,8,11-17,21,23H2,1-2H3,(H,36,39)/b6-5+. The summed E-state index contributed by atoms with van der Waals surface area (Å²) in [5.41, 5.74) is 2.93. The van der Waals surface area contributed by atoms with Gasteiger partial charge in [-0.3, -0.25) is 9.59 Å². The predicted molar refractivity (Wildman–Crippen MR) is 158 cm³/mol. The Morgan fingerprint density at radius 2 is 1.98 bits per heavy atom. The van der Waals surface area contributed by atoms with Crippen LogP contribution in [0.2, 0.25) is 0 Å². The summed E-state index contributed by atoms with van der Waals surface area (Å²) in [4.78, 5) is 27.5. The summed E-state index contributed by atoms with van der Waals surface area (Å²) >= 11 is 0. The maximum atomic E-state index is 14.5. The number of hydrogen-bond donors (Lipinski definition) is 3. The fraction of sp³-hybridized carbons (Fsp3) is 0.515. The van der Waals surface area contributed by atoms with Gasteiger partial charge in [-0.05, 0) is 73.4 Å². The molecule has 2 aliphatic rings. The zero-order valence-corrected chi connectivity index (χ0v) is 24.3. The molecule has 8 heteroatoms. The smallest absolute Gasteiger partial charge is 0.222 e. The van der Waals surface area contributed by atoms with E-state index < -0.39 is 18.0 Å². The molecular weight excluding hydrogens is 521 g/mol. The molecule has 2 unspecified atom stereocenters. The van der Waals surface area contributed by atoms with Gasteiger partial charge in [-0.2, -0.15) is 0 Å². The second-order valence-corrected chi connectivity index (χ2v) is 11.2. The van der Waals surface area contributed by atoms with E-state index in [0.29, 0.717) is 30.8 Å². The minimum atomic E-state index is -0.912. The number of ether oxygens (including phenoxy) is 1. The Hall–Kier alpha value is -3.23. The largest absolute Gasteiger partial charge is 0.489 e. The van der Waals surface area contributed by atoms with Crippen LogP contribution >= 0.6 is 0 Å². The summed E-state index contributed by atoms with van der Waals surface area (Å²) in [6, 6.07) is 12.4. The van der Waals surface area contributed by atoms with E-state index in [-0.39, 0.29) is 49.8 Å². The van der Waals surface area contributed by atoms with Gasteiger partial charge in [-0.15, -0.1) is 0 Å². The van der Waals surface area contributed by atoms with E-state index in [1.165, 1.54) is 23.3 Å². The second-order valence-electron chi connectivity index (χ2n) is 11.2. The van der Waals surface area contributed by atoms with Crippen molar-refractivity contribution in [3.05, 3.63) is 77.1 Å². The molecule has 2 aromatic rings. The topological polar surface area (TPSA) is 90.9 Å². The number of nitrogens with zero attached hydrogens (tertiary/aromatic N) is 1. The molecule has 1 heterocycles. The summed E-state index contributed by atoms with van der Waals surface area (Å²) in [7, 11) is 0. The highest BCUT2D eigenvalue weighted by atomic mass is 19.1. The lowest BCUT2D eigenvalue weighted by Gasteiger charge is -2.27. The molecule has 7 nitrogen and oxygen atoms in total. The average molecular weight is 566 g/mol. The molecule has 0 saturated heterocycles. The van der Waals surface area contributed by atoms with Crippen LogP contribution in [0.4, 0.5) is 4.39 Å². The first-order valence-corrected chi connectivity index (χ1v) is 15.0. The number of carbonyl (C=O) groups is 2. The molecule has 3 N–H and O–H groups in total. The van der Waals surface area contributed by atoms with Crippen molar-refractivity contribution in [3.63, 3.8) is 0 Å². The van der Waals surface area contributed by atoms with Crippen molar-refractivity contribution in [2.75, 3.05) is 26.2 Å². The van der Waals surface area contributed by atoms with Crippen molar-refractivity contribution in [3.8, 4) is 5.75 Å². The van der Waals surface area contributed by atoms with Gasteiger partial charge in [0.2, 0.25) is 11.8 Å². The van der Waals surface area contributed by atoms with Gasteiger partial charge in [-0.25, -0.2) is 4.39 Å². The summed E-state index contributed by atoms with van der Waals surface area (Å²) in [5.74, 6) is -0.297. The Kier molecular flexibility index (Phi) is 10.9. The van der Waals surface area contributed by atoms with Gasteiger partial charge < -0.3 is 25.4 Å². The fourth-order valence-electron chi connectivity index (χ4n) is 5.42. The molecule has 222 valence electrons. The molecule has 2 aromatic carbocycles. The lowest BCUT2D eigenvalue weighted by molar-refractivity contribution is -0.131. The van der Waals surface area contributed by atoms with E-state index in [9.17, 15) is 19.1 Å². The number of hydrogen-bond acceptors (Lipinski definition) is 5. The van der Waals surface area contributed by atoms with Crippen molar-refractivity contribution in [2.45, 2.75) is 82.9 Å². The Morgan fingerprint density at radius 3 is 2.73 bits per heavy atom. The number of aliphatic hydroxyl groups is 1. The first-order chi connectivity index (χ1) is 19.8. The highest BCUT2D eigenvalue weighted by Crippen LogP contribution is 2.45. The normalized spacial score (nSPS) is 21.4. The number of aryl methyl sites for hydroxylation is 1. The number of halogens is 1. The monoisotopic (exact) mass is 565 g/mol. The highest BCUT2D eigenvalue weighted by Gasteiger charge is 2.44. The predicted octanol–water partition coefficient (Wildman–Crippen LogP) is 4.41. The van der Waals surface area contributed by atoms with Gasteiger partial charge >= 0.3 is 0 Å². The van der Waals surface area contributed by atoms with Crippen LogP contribution in [-0.4, -0.2) is 60.2 Å². The molecule has 0 radical (unpaired) electrons. The van der Waals surface area contributed by atoms with Crippen LogP contribution in [0.3, 0.4) is 0 Å². The molecule has 1 saturated carbocycles. The zero-order valence-electron chi connectivity index (χ0n) is 24.3. The summed E-state index contributed by atoms with van der Waals surface area (Å²) in [5, 5.41) is 17.9. The fourth-order valence-corrected chi connectivity index (χ4v) is 5.42. The molecule has 1 aliphatic carbocycles. The van der Waals surface area contributed by atoms with Gasteiger partial charge in [0.25, 0.3) is 0 Å². The van der Waals surface area contributed by atoms with Crippen molar-refractivity contribution in [2.24, 2.45) is 0 Å². The molecule has 41 heavy (non-hydrogen) atoms. The third-order valence-electron chi connectivity index (χ3n) is 7.96. The average Bonchev–Trinajstić information content (AvgIpc) is 3.75. The Bertz CT molecular complexity index is 1210. The van der Waals surface area contributed by atoms with Crippen LogP contribution < -0.4 is 15.4 Å². The number of nitrogens with one attached hydrogen (secondary N) is 2. The number of aliphatic hydroxyl groups excluding tert-OH is 1. The molecule has 0 spiro atoms. The van der Waals surface area contributed by atoms with Gasteiger partial charge in [0, 0.05) is 44.1 Å². The molecule has 2 amide bonds. The second kappa shape index (κ2) is 14.6. The Balaban J connectivity index is 1.49. The maximum Gasteiger partial charge on any atom is 0.222 e. The van der Waals surface area contributed by atoms with Crippen molar-refractivity contribution >= 4 is 11.8 Å². The molecule has 2 atom stereocenters. The van der Waals surface area contributed by atoms with E-state index in [2.05, 4.69) is 41.8 Å². The highest BCUT2D eigenvalue weighted by molar-refractivity contribution is 5.79. The molecule has 1 aliphatic heterocycles. The maximum absolute atomic E-state index is 14.5. The van der Waals surface area contributed by atoms with Crippen LogP contribution in [0, 0.1) is 5.82 Å². The third-order valence-corrected chi connectivity index (χ3v) is 7.96. The SMILES string of the molecule is CCCN1C/C=C/COc2cc(F)cc(c2)CC(C(O)CNC2(c3cccc(CC)c3)CC2)NC(=O)CCCC1=O. The van der Waals surface area contributed by atoms with Crippen molar-refractivity contribution in [1.29, 1.82) is 0 Å². The van der Waals surface area contributed by atoms with Crippen LogP contribution in [-0.2, 0) is 28.0 Å². The minimum Gasteiger partial charge on any atom is -0.489 e.